The first-order valence-corrected chi connectivity index (χ1v) is 14.4. The number of pyridine rings is 2. The Morgan fingerprint density at radius 1 is 1.12 bits per heavy atom. The van der Waals surface area contributed by atoms with Crippen molar-refractivity contribution in [1.82, 2.24) is 29.7 Å². The molecule has 3 aromatic rings. The summed E-state index contributed by atoms with van der Waals surface area (Å²) in [6.45, 7) is 3.40. The predicted molar refractivity (Wildman–Crippen MR) is 150 cm³/mol. The number of aromatic nitrogens is 4. The van der Waals surface area contributed by atoms with Crippen LogP contribution in [0.15, 0.2) is 24.4 Å². The highest BCUT2D eigenvalue weighted by Gasteiger charge is 2.41. The lowest BCUT2D eigenvalue weighted by Gasteiger charge is -2.32. The molecule has 0 radical (unpaired) electrons. The Hall–Kier alpha value is -3.41. The van der Waals surface area contributed by atoms with Crippen molar-refractivity contribution in [3.63, 3.8) is 0 Å². The Morgan fingerprint density at radius 2 is 1.90 bits per heavy atom. The monoisotopic (exact) mass is 544 g/mol. The van der Waals surface area contributed by atoms with Crippen LogP contribution in [0.1, 0.15) is 62.1 Å². The van der Waals surface area contributed by atoms with Gasteiger partial charge in [0.05, 0.1) is 23.9 Å². The number of nitrogens with zero attached hydrogens (tertiary/aromatic N) is 7. The van der Waals surface area contributed by atoms with Crippen LogP contribution in [0.5, 0.6) is 0 Å². The van der Waals surface area contributed by atoms with Gasteiger partial charge in [0.25, 0.3) is 0 Å². The van der Waals surface area contributed by atoms with E-state index < -0.39 is 12.2 Å². The van der Waals surface area contributed by atoms with Gasteiger partial charge in [0.2, 0.25) is 11.9 Å². The van der Waals surface area contributed by atoms with E-state index in [9.17, 15) is 15.0 Å². The van der Waals surface area contributed by atoms with E-state index in [-0.39, 0.29) is 11.9 Å². The molecule has 2 bridgehead atoms. The van der Waals surface area contributed by atoms with Crippen LogP contribution in [0.3, 0.4) is 0 Å². The Bertz CT molecular complexity index is 1440. The normalized spacial score (nSPS) is 26.9. The Balaban J connectivity index is 1.13. The van der Waals surface area contributed by atoms with Crippen LogP contribution in [0.4, 0.5) is 17.6 Å². The molecule has 0 aromatic carbocycles. The summed E-state index contributed by atoms with van der Waals surface area (Å²) >= 11 is 0. The fourth-order valence-corrected chi connectivity index (χ4v) is 7.02. The van der Waals surface area contributed by atoms with E-state index >= 15 is 0 Å². The third-order valence-corrected chi connectivity index (χ3v) is 9.10. The minimum Gasteiger partial charge on any atom is -0.392 e. The lowest BCUT2D eigenvalue weighted by atomic mass is 10.0. The van der Waals surface area contributed by atoms with Gasteiger partial charge in [0, 0.05) is 55.4 Å². The molecule has 0 spiro atoms. The first-order valence-electron chi connectivity index (χ1n) is 14.4. The van der Waals surface area contributed by atoms with Crippen molar-refractivity contribution in [2.24, 2.45) is 0 Å². The summed E-state index contributed by atoms with van der Waals surface area (Å²) in [6.07, 6.45) is 6.52. The number of amides is 1. The molecule has 11 heteroatoms. The van der Waals surface area contributed by atoms with Crippen LogP contribution in [-0.4, -0.2) is 90.2 Å². The summed E-state index contributed by atoms with van der Waals surface area (Å²) in [7, 11) is 1.89. The number of carbonyl (C=O) groups excluding carboxylic acids is 1. The van der Waals surface area contributed by atoms with E-state index in [4.69, 9.17) is 15.0 Å². The number of nitrogens with one attached hydrogen (secondary N) is 1. The van der Waals surface area contributed by atoms with Crippen LogP contribution < -0.4 is 10.2 Å². The number of β-amino-alcohol motifs (C(OH)–C–C–N with tert-alkyl or cyclic N) is 1. The predicted octanol–water partition coefficient (Wildman–Crippen LogP) is 2.30. The van der Waals surface area contributed by atoms with Crippen molar-refractivity contribution >= 4 is 34.4 Å². The molecule has 3 atom stereocenters. The molecular formula is C29H36N8O3. The van der Waals surface area contributed by atoms with Gasteiger partial charge in [-0.25, -0.2) is 19.9 Å². The lowest BCUT2D eigenvalue weighted by molar-refractivity contribution is -0.136. The summed E-state index contributed by atoms with van der Waals surface area (Å²) in [5.41, 5.74) is 3.42. The molecule has 0 saturated carbocycles. The van der Waals surface area contributed by atoms with Gasteiger partial charge in [-0.3, -0.25) is 9.69 Å². The quantitative estimate of drug-likeness (QED) is 0.440. The summed E-state index contributed by atoms with van der Waals surface area (Å²) < 4.78 is 0. The number of aliphatic hydroxyl groups is 2. The van der Waals surface area contributed by atoms with Crippen LogP contribution in [0.25, 0.3) is 10.9 Å². The number of aliphatic hydroxyl groups excluding tert-OH is 2. The maximum Gasteiger partial charge on any atom is 0.240 e. The van der Waals surface area contributed by atoms with Gasteiger partial charge in [0.15, 0.2) is 5.82 Å². The number of fused-ring (bicyclic) bond motifs is 4. The average molecular weight is 545 g/mol. The number of likely N-dealkylation sites (tertiary alicyclic amines) is 1. The van der Waals surface area contributed by atoms with Gasteiger partial charge in [-0.05, 0) is 63.8 Å². The zero-order chi connectivity index (χ0) is 27.5. The van der Waals surface area contributed by atoms with Crippen molar-refractivity contribution in [2.45, 2.75) is 82.3 Å². The molecule has 7 heterocycles. The highest BCUT2D eigenvalue weighted by atomic mass is 16.3. The standard InChI is InChI=1S/C29H36N8O3/c1-16(38)23-11-18-13-30-29(34-26(18)27(32-23)37-19-4-5-20(37)7-6-19)33-25-8-3-17-14-36(10-9-22(17)31-25)28(40)24-12-21(39)15-35(24)2/h3,8,11,13,16,19-21,24,38-39H,4-7,9-10,12,14-15H2,1-2H3,(H,30,31,33,34)/t16-,19?,20?,21+,24+/m1/s1. The molecular weight excluding hydrogens is 508 g/mol. The fourth-order valence-electron chi connectivity index (χ4n) is 7.02. The topological polar surface area (TPSA) is 131 Å². The molecule has 210 valence electrons. The molecule has 4 aliphatic rings. The second-order valence-corrected chi connectivity index (χ2v) is 11.8. The molecule has 1 amide bonds. The van der Waals surface area contributed by atoms with E-state index in [1.54, 1.807) is 13.1 Å². The van der Waals surface area contributed by atoms with Crippen LogP contribution in [-0.2, 0) is 17.8 Å². The highest BCUT2D eigenvalue weighted by molar-refractivity contribution is 5.90. The Labute approximate surface area is 233 Å². The molecule has 3 fully saturated rings. The number of carbonyl (C=O) groups is 1. The first-order chi connectivity index (χ1) is 19.3. The van der Waals surface area contributed by atoms with Crippen LogP contribution in [0, 0.1) is 0 Å². The molecule has 7 rings (SSSR count). The third kappa shape index (κ3) is 4.46. The average Bonchev–Trinajstić information content (AvgIpc) is 3.65. The summed E-state index contributed by atoms with van der Waals surface area (Å²) in [5.74, 6) is 2.03. The van der Waals surface area contributed by atoms with Gasteiger partial charge in [-0.15, -0.1) is 0 Å². The molecule has 3 aromatic heterocycles. The summed E-state index contributed by atoms with van der Waals surface area (Å²) in [5, 5.41) is 24.4. The van der Waals surface area contributed by atoms with Gasteiger partial charge >= 0.3 is 0 Å². The number of hydrogen-bond donors (Lipinski definition) is 3. The summed E-state index contributed by atoms with van der Waals surface area (Å²) in [6, 6.07) is 6.49. The fraction of sp³-hybridized carbons (Fsp3) is 0.552. The van der Waals surface area contributed by atoms with E-state index in [1.807, 2.05) is 35.0 Å². The highest BCUT2D eigenvalue weighted by Crippen LogP contribution is 2.42. The lowest BCUT2D eigenvalue weighted by Crippen LogP contribution is -2.46. The van der Waals surface area contributed by atoms with Crippen molar-refractivity contribution in [3.8, 4) is 0 Å². The Morgan fingerprint density at radius 3 is 2.60 bits per heavy atom. The van der Waals surface area contributed by atoms with Gasteiger partial charge in [0.1, 0.15) is 11.3 Å². The van der Waals surface area contributed by atoms with Crippen LogP contribution in [0.2, 0.25) is 0 Å². The molecule has 11 nitrogen and oxygen atoms in total. The van der Waals surface area contributed by atoms with E-state index in [0.717, 1.165) is 28.0 Å². The molecule has 40 heavy (non-hydrogen) atoms. The van der Waals surface area contributed by atoms with Crippen molar-refractivity contribution in [1.29, 1.82) is 0 Å². The maximum atomic E-state index is 13.1. The third-order valence-electron chi connectivity index (χ3n) is 9.10. The first kappa shape index (κ1) is 25.6. The number of hydrogen-bond acceptors (Lipinski definition) is 10. The number of anilines is 3. The van der Waals surface area contributed by atoms with Crippen LogP contribution >= 0.6 is 0 Å². The zero-order valence-corrected chi connectivity index (χ0v) is 23.0. The van der Waals surface area contributed by atoms with E-state index in [0.29, 0.717) is 62.0 Å². The van der Waals surface area contributed by atoms with E-state index in [2.05, 4.69) is 15.2 Å². The van der Waals surface area contributed by atoms with Crippen molar-refractivity contribution in [2.75, 3.05) is 30.4 Å². The Kier molecular flexibility index (Phi) is 6.32. The minimum atomic E-state index is -0.669. The SMILES string of the molecule is C[C@@H](O)c1cc2cnc(Nc3ccc4c(n3)CCN(C(=O)[C@@H]3C[C@H](O)CN3C)C4)nc2c(N2C3CCC2CC3)n1. The van der Waals surface area contributed by atoms with Crippen molar-refractivity contribution in [3.05, 3.63) is 41.3 Å². The second-order valence-electron chi connectivity index (χ2n) is 11.8. The smallest absolute Gasteiger partial charge is 0.240 e. The minimum absolute atomic E-state index is 0.0751. The molecule has 4 aliphatic heterocycles. The number of likely N-dealkylation sites (N-methyl/N-ethyl adjacent to an activating group) is 1. The number of rotatable bonds is 5. The largest absolute Gasteiger partial charge is 0.392 e. The summed E-state index contributed by atoms with van der Waals surface area (Å²) in [4.78, 5) is 38.5. The van der Waals surface area contributed by atoms with Gasteiger partial charge in [-0.1, -0.05) is 6.07 Å². The molecule has 3 saturated heterocycles. The van der Waals surface area contributed by atoms with Gasteiger partial charge < -0.3 is 25.3 Å². The molecule has 0 aliphatic carbocycles. The van der Waals surface area contributed by atoms with Gasteiger partial charge in [-0.2, -0.15) is 0 Å². The maximum absolute atomic E-state index is 13.1. The molecule has 3 N–H and O–H groups in total. The zero-order valence-electron chi connectivity index (χ0n) is 23.0. The van der Waals surface area contributed by atoms with E-state index in [1.165, 1.54) is 25.7 Å². The second kappa shape index (κ2) is 9.90. The molecule has 0 unspecified atom stereocenters. The van der Waals surface area contributed by atoms with Crippen molar-refractivity contribution < 1.29 is 15.0 Å².